The predicted molar refractivity (Wildman–Crippen MR) is 85.9 cm³/mol. The van der Waals surface area contributed by atoms with Crippen LogP contribution in [-0.4, -0.2) is 13.2 Å². The fourth-order valence-electron chi connectivity index (χ4n) is 2.19. The molecule has 0 saturated heterocycles. The minimum Gasteiger partial charge on any atom is -0.494 e. The second-order valence-electron chi connectivity index (χ2n) is 4.88. The minimum absolute atomic E-state index is 0.148. The molecule has 0 amide bonds. The van der Waals surface area contributed by atoms with Crippen molar-refractivity contribution < 1.29 is 9.47 Å². The number of hydrogen-bond acceptors (Lipinski definition) is 3. The van der Waals surface area contributed by atoms with Crippen LogP contribution in [0, 0.1) is 0 Å². The zero-order valence-corrected chi connectivity index (χ0v) is 12.7. The third kappa shape index (κ3) is 4.23. The Bertz CT molecular complexity index is 551. The summed E-state index contributed by atoms with van der Waals surface area (Å²) in [5.41, 5.74) is 8.45. The van der Waals surface area contributed by atoms with E-state index in [-0.39, 0.29) is 6.04 Å². The average molecular weight is 285 g/mol. The van der Waals surface area contributed by atoms with Gasteiger partial charge < -0.3 is 15.2 Å². The Labute approximate surface area is 126 Å². The van der Waals surface area contributed by atoms with Gasteiger partial charge in [0.2, 0.25) is 0 Å². The minimum atomic E-state index is -0.148. The van der Waals surface area contributed by atoms with E-state index in [0.29, 0.717) is 13.2 Å². The molecule has 112 valence electrons. The average Bonchev–Trinajstić information content (AvgIpc) is 2.54. The molecule has 0 aliphatic rings. The first-order valence-electron chi connectivity index (χ1n) is 7.43. The predicted octanol–water partition coefficient (Wildman–Crippen LogP) is 3.73. The highest BCUT2D eigenvalue weighted by molar-refractivity contribution is 5.33. The summed E-state index contributed by atoms with van der Waals surface area (Å²) in [6, 6.07) is 15.8. The zero-order valence-electron chi connectivity index (χ0n) is 12.7. The van der Waals surface area contributed by atoms with E-state index in [4.69, 9.17) is 15.2 Å². The number of rotatable bonds is 7. The Morgan fingerprint density at radius 2 is 1.67 bits per heavy atom. The van der Waals surface area contributed by atoms with Gasteiger partial charge in [-0.15, -0.1) is 0 Å². The van der Waals surface area contributed by atoms with Crippen LogP contribution in [0.25, 0.3) is 0 Å². The molecule has 0 aliphatic heterocycles. The number of hydrogen-bond donors (Lipinski definition) is 1. The topological polar surface area (TPSA) is 44.5 Å². The van der Waals surface area contributed by atoms with Crippen LogP contribution in [-0.2, 0) is 6.42 Å². The first-order chi connectivity index (χ1) is 10.2. The number of nitrogens with two attached hydrogens (primary N) is 1. The van der Waals surface area contributed by atoms with Gasteiger partial charge >= 0.3 is 0 Å². The van der Waals surface area contributed by atoms with Crippen molar-refractivity contribution in [1.82, 2.24) is 0 Å². The molecule has 1 unspecified atom stereocenters. The first kappa shape index (κ1) is 15.4. The van der Waals surface area contributed by atoms with Crippen LogP contribution in [0.2, 0.25) is 0 Å². The van der Waals surface area contributed by atoms with E-state index in [9.17, 15) is 0 Å². The van der Waals surface area contributed by atoms with Crippen molar-refractivity contribution in [2.24, 2.45) is 5.73 Å². The highest BCUT2D eigenvalue weighted by atomic mass is 16.5. The van der Waals surface area contributed by atoms with E-state index >= 15 is 0 Å². The van der Waals surface area contributed by atoms with Gasteiger partial charge in [0.05, 0.1) is 12.6 Å². The molecule has 0 spiro atoms. The van der Waals surface area contributed by atoms with Crippen molar-refractivity contribution in [3.05, 3.63) is 59.7 Å². The van der Waals surface area contributed by atoms with Crippen LogP contribution in [0.1, 0.15) is 31.0 Å². The normalized spacial score (nSPS) is 12.0. The van der Waals surface area contributed by atoms with Crippen molar-refractivity contribution in [2.45, 2.75) is 26.3 Å². The molecule has 3 nitrogen and oxygen atoms in total. The molecule has 0 fully saturated rings. The molecular weight excluding hydrogens is 262 g/mol. The summed E-state index contributed by atoms with van der Waals surface area (Å²) in [5, 5.41) is 0. The van der Waals surface area contributed by atoms with Gasteiger partial charge in [0.1, 0.15) is 18.1 Å². The molecule has 0 radical (unpaired) electrons. The summed E-state index contributed by atoms with van der Waals surface area (Å²) >= 11 is 0. The summed E-state index contributed by atoms with van der Waals surface area (Å²) in [6.07, 6.45) is 0.953. The van der Waals surface area contributed by atoms with E-state index in [1.54, 1.807) is 0 Å². The number of para-hydroxylation sites is 1. The summed E-state index contributed by atoms with van der Waals surface area (Å²) in [7, 11) is 0. The van der Waals surface area contributed by atoms with Gasteiger partial charge in [0.25, 0.3) is 0 Å². The Morgan fingerprint density at radius 1 is 0.952 bits per heavy atom. The van der Waals surface area contributed by atoms with Crippen molar-refractivity contribution >= 4 is 0 Å². The number of aryl methyl sites for hydroxylation is 1. The van der Waals surface area contributed by atoms with E-state index in [2.05, 4.69) is 13.0 Å². The summed E-state index contributed by atoms with van der Waals surface area (Å²) in [6.45, 7) is 5.22. The Balaban J connectivity index is 1.96. The standard InChI is InChI=1S/C18H23NO2/c1-3-14-7-5-6-8-18(14)21-13-17(19)15-9-11-16(12-10-15)20-4-2/h5-12,17H,3-4,13,19H2,1-2H3. The molecule has 2 aromatic rings. The van der Waals surface area contributed by atoms with Gasteiger partial charge in [-0.1, -0.05) is 37.3 Å². The highest BCUT2D eigenvalue weighted by Crippen LogP contribution is 2.21. The summed E-state index contributed by atoms with van der Waals surface area (Å²) in [4.78, 5) is 0. The number of ether oxygens (including phenoxy) is 2. The lowest BCUT2D eigenvalue weighted by Gasteiger charge is -2.16. The van der Waals surface area contributed by atoms with Gasteiger partial charge in [-0.2, -0.15) is 0 Å². The molecule has 2 N–H and O–H groups in total. The smallest absolute Gasteiger partial charge is 0.122 e. The Hall–Kier alpha value is -2.00. The molecular formula is C18H23NO2. The van der Waals surface area contributed by atoms with Gasteiger partial charge in [-0.05, 0) is 42.7 Å². The van der Waals surface area contributed by atoms with Crippen molar-refractivity contribution in [2.75, 3.05) is 13.2 Å². The molecule has 2 aromatic carbocycles. The van der Waals surface area contributed by atoms with Crippen LogP contribution in [0.3, 0.4) is 0 Å². The lowest BCUT2D eigenvalue weighted by molar-refractivity contribution is 0.288. The van der Waals surface area contributed by atoms with Gasteiger partial charge in [0.15, 0.2) is 0 Å². The van der Waals surface area contributed by atoms with E-state index in [1.807, 2.05) is 49.4 Å². The second kappa shape index (κ2) is 7.70. The largest absolute Gasteiger partial charge is 0.494 e. The zero-order chi connectivity index (χ0) is 15.1. The fourth-order valence-corrected chi connectivity index (χ4v) is 2.19. The Morgan fingerprint density at radius 3 is 2.33 bits per heavy atom. The van der Waals surface area contributed by atoms with Crippen LogP contribution in [0.15, 0.2) is 48.5 Å². The lowest BCUT2D eigenvalue weighted by Crippen LogP contribution is -2.19. The van der Waals surface area contributed by atoms with Gasteiger partial charge in [-0.25, -0.2) is 0 Å². The van der Waals surface area contributed by atoms with Crippen LogP contribution in [0.4, 0.5) is 0 Å². The SMILES string of the molecule is CCOc1ccc(C(N)COc2ccccc2CC)cc1. The fraction of sp³-hybridized carbons (Fsp3) is 0.333. The second-order valence-corrected chi connectivity index (χ2v) is 4.88. The highest BCUT2D eigenvalue weighted by Gasteiger charge is 2.08. The lowest BCUT2D eigenvalue weighted by atomic mass is 10.1. The van der Waals surface area contributed by atoms with Crippen LogP contribution in [0.5, 0.6) is 11.5 Å². The maximum atomic E-state index is 6.19. The molecule has 1 atom stereocenters. The summed E-state index contributed by atoms with van der Waals surface area (Å²) < 4.78 is 11.3. The van der Waals surface area contributed by atoms with Gasteiger partial charge in [-0.3, -0.25) is 0 Å². The molecule has 21 heavy (non-hydrogen) atoms. The molecule has 0 aromatic heterocycles. The van der Waals surface area contributed by atoms with E-state index in [0.717, 1.165) is 23.5 Å². The molecule has 2 rings (SSSR count). The molecule has 0 heterocycles. The quantitative estimate of drug-likeness (QED) is 0.843. The maximum Gasteiger partial charge on any atom is 0.122 e. The van der Waals surface area contributed by atoms with E-state index in [1.165, 1.54) is 5.56 Å². The molecule has 0 bridgehead atoms. The van der Waals surface area contributed by atoms with Crippen molar-refractivity contribution in [3.63, 3.8) is 0 Å². The number of benzene rings is 2. The third-order valence-corrected chi connectivity index (χ3v) is 3.39. The molecule has 0 saturated carbocycles. The first-order valence-corrected chi connectivity index (χ1v) is 7.43. The van der Waals surface area contributed by atoms with Crippen LogP contribution >= 0.6 is 0 Å². The van der Waals surface area contributed by atoms with Crippen molar-refractivity contribution in [1.29, 1.82) is 0 Å². The monoisotopic (exact) mass is 285 g/mol. The molecule has 0 aliphatic carbocycles. The van der Waals surface area contributed by atoms with Crippen molar-refractivity contribution in [3.8, 4) is 11.5 Å². The Kier molecular flexibility index (Phi) is 5.64. The maximum absolute atomic E-state index is 6.19. The van der Waals surface area contributed by atoms with E-state index < -0.39 is 0 Å². The summed E-state index contributed by atoms with van der Waals surface area (Å²) in [5.74, 6) is 1.78. The third-order valence-electron chi connectivity index (χ3n) is 3.39. The van der Waals surface area contributed by atoms with Crippen LogP contribution < -0.4 is 15.2 Å². The van der Waals surface area contributed by atoms with Gasteiger partial charge in [0, 0.05) is 0 Å². The molecule has 3 heteroatoms.